The van der Waals surface area contributed by atoms with Crippen LogP contribution in [0, 0.1) is 34.5 Å². The molecule has 4 rings (SSSR count). The van der Waals surface area contributed by atoms with Gasteiger partial charge in [0.25, 0.3) is 0 Å². The highest BCUT2D eigenvalue weighted by Gasteiger charge is 2.66. The van der Waals surface area contributed by atoms with Crippen molar-refractivity contribution in [3.63, 3.8) is 0 Å². The second-order valence-electron chi connectivity index (χ2n) is 10.5. The number of aliphatic hydroxyl groups is 1. The summed E-state index contributed by atoms with van der Waals surface area (Å²) in [5.74, 6) is 1.53. The highest BCUT2D eigenvalue weighted by atomic mass is 16.5. The average molecular weight is 391 g/mol. The van der Waals surface area contributed by atoms with Crippen LogP contribution in [-0.2, 0) is 19.1 Å². The Morgan fingerprint density at radius 1 is 1.07 bits per heavy atom. The van der Waals surface area contributed by atoms with E-state index in [1.807, 2.05) is 0 Å². The first kappa shape index (κ1) is 20.1. The highest BCUT2D eigenvalue weighted by Crippen LogP contribution is 2.68. The summed E-state index contributed by atoms with van der Waals surface area (Å²) in [7, 11) is 0. The van der Waals surface area contributed by atoms with E-state index in [1.54, 1.807) is 0 Å². The third-order valence-corrected chi connectivity index (χ3v) is 9.50. The Hall–Kier alpha value is -1.23. The van der Waals surface area contributed by atoms with Gasteiger partial charge in [0.05, 0.1) is 0 Å². The largest absolute Gasteiger partial charge is 0.458 e. The van der Waals surface area contributed by atoms with Crippen molar-refractivity contribution in [2.75, 3.05) is 6.61 Å². The topological polar surface area (TPSA) is 80.7 Å². The predicted molar refractivity (Wildman–Crippen MR) is 103 cm³/mol. The van der Waals surface area contributed by atoms with E-state index in [0.29, 0.717) is 42.3 Å². The molecule has 156 valence electrons. The number of carbonyl (C=O) groups is 3. The summed E-state index contributed by atoms with van der Waals surface area (Å²) in [5, 5.41) is 11.5. The third-order valence-electron chi connectivity index (χ3n) is 9.50. The maximum Gasteiger partial charge on any atom is 0.303 e. The van der Waals surface area contributed by atoms with Crippen LogP contribution >= 0.6 is 0 Å². The lowest BCUT2D eigenvalue weighted by atomic mass is 9.44. The van der Waals surface area contributed by atoms with Crippen molar-refractivity contribution in [1.82, 2.24) is 0 Å². The molecule has 0 bridgehead atoms. The monoisotopic (exact) mass is 390 g/mol. The van der Waals surface area contributed by atoms with E-state index in [4.69, 9.17) is 4.74 Å². The van der Waals surface area contributed by atoms with E-state index < -0.39 is 17.0 Å². The Bertz CT molecular complexity index is 701. The summed E-state index contributed by atoms with van der Waals surface area (Å²) < 4.78 is 4.93. The molecule has 0 amide bonds. The Kier molecular flexibility index (Phi) is 4.76. The molecular formula is C23H34O5. The number of hydrogen-bond acceptors (Lipinski definition) is 5. The molecule has 0 radical (unpaired) electrons. The maximum absolute atomic E-state index is 12.9. The fourth-order valence-electron chi connectivity index (χ4n) is 7.81. The molecule has 0 aliphatic heterocycles. The molecule has 4 aliphatic rings. The van der Waals surface area contributed by atoms with E-state index in [1.165, 1.54) is 6.92 Å². The first-order valence-electron chi connectivity index (χ1n) is 11.0. The first-order chi connectivity index (χ1) is 13.1. The van der Waals surface area contributed by atoms with Crippen LogP contribution < -0.4 is 0 Å². The van der Waals surface area contributed by atoms with Crippen molar-refractivity contribution >= 4 is 17.5 Å². The third kappa shape index (κ3) is 2.72. The minimum absolute atomic E-state index is 0.223. The number of rotatable bonds is 3. The molecule has 1 N–H and O–H groups in total. The molecule has 4 fully saturated rings. The average Bonchev–Trinajstić information content (AvgIpc) is 2.92. The van der Waals surface area contributed by atoms with Crippen molar-refractivity contribution < 1.29 is 24.2 Å². The molecular weight excluding hydrogens is 356 g/mol. The SMILES string of the molecule is CC(=O)OCC(=O)[C@@]1(O)CC[C@H]2[C@H]3CC[C@H]4CC(=O)CC[C@]4(C)[C@@H]3CC[C@]21C. The van der Waals surface area contributed by atoms with Crippen LogP contribution in [0.2, 0.25) is 0 Å². The molecule has 0 aromatic rings. The lowest BCUT2D eigenvalue weighted by Gasteiger charge is -2.60. The maximum atomic E-state index is 12.9. The van der Waals surface area contributed by atoms with Crippen LogP contribution in [0.4, 0.5) is 0 Å². The zero-order valence-corrected chi connectivity index (χ0v) is 17.5. The fraction of sp³-hybridized carbons (Fsp3) is 0.870. The molecule has 28 heavy (non-hydrogen) atoms. The molecule has 4 aliphatic carbocycles. The lowest BCUT2D eigenvalue weighted by molar-refractivity contribution is -0.175. The van der Waals surface area contributed by atoms with Crippen molar-refractivity contribution in [2.24, 2.45) is 34.5 Å². The van der Waals surface area contributed by atoms with E-state index in [9.17, 15) is 19.5 Å². The zero-order valence-electron chi connectivity index (χ0n) is 17.5. The number of ether oxygens (including phenoxy) is 1. The first-order valence-corrected chi connectivity index (χ1v) is 11.0. The Morgan fingerprint density at radius 2 is 1.79 bits per heavy atom. The van der Waals surface area contributed by atoms with Gasteiger partial charge in [0, 0.05) is 25.2 Å². The summed E-state index contributed by atoms with van der Waals surface area (Å²) in [6, 6.07) is 0. The second-order valence-corrected chi connectivity index (χ2v) is 10.5. The highest BCUT2D eigenvalue weighted by molar-refractivity contribution is 5.91. The number of Topliss-reactive ketones (excluding diaryl/α,β-unsaturated/α-hetero) is 2. The number of ketones is 2. The molecule has 5 heteroatoms. The number of carbonyl (C=O) groups excluding carboxylic acids is 3. The minimum Gasteiger partial charge on any atom is -0.458 e. The summed E-state index contributed by atoms with van der Waals surface area (Å²) in [5.41, 5.74) is -1.61. The van der Waals surface area contributed by atoms with Crippen LogP contribution in [0.3, 0.4) is 0 Å². The van der Waals surface area contributed by atoms with Gasteiger partial charge in [-0.2, -0.15) is 0 Å². The number of esters is 1. The summed E-state index contributed by atoms with van der Waals surface area (Å²) in [6.07, 6.45) is 7.82. The van der Waals surface area contributed by atoms with E-state index in [-0.39, 0.29) is 17.8 Å². The molecule has 0 unspecified atom stereocenters. The van der Waals surface area contributed by atoms with Crippen LogP contribution in [0.15, 0.2) is 0 Å². The van der Waals surface area contributed by atoms with Gasteiger partial charge in [-0.25, -0.2) is 0 Å². The van der Waals surface area contributed by atoms with E-state index in [2.05, 4.69) is 13.8 Å². The molecule has 5 nitrogen and oxygen atoms in total. The molecule has 0 spiro atoms. The summed E-state index contributed by atoms with van der Waals surface area (Å²) in [6.45, 7) is 5.45. The van der Waals surface area contributed by atoms with Gasteiger partial charge < -0.3 is 9.84 Å². The standard InChI is InChI=1S/C23H34O5/c1-14(24)28-13-20(26)23(27)11-8-19-17-5-4-15-12-16(25)6-9-21(15,2)18(17)7-10-22(19,23)3/h15,17-19,27H,4-13H2,1-3H3/t15-,17-,18+,19-,21-,22+,23-/m0/s1. The Morgan fingerprint density at radius 3 is 2.50 bits per heavy atom. The van der Waals surface area contributed by atoms with Gasteiger partial charge in [0.15, 0.2) is 6.61 Å². The van der Waals surface area contributed by atoms with E-state index >= 15 is 0 Å². The number of hydrogen-bond donors (Lipinski definition) is 1. The van der Waals surface area contributed by atoms with Gasteiger partial charge in [-0.05, 0) is 74.0 Å². The molecule has 7 atom stereocenters. The predicted octanol–water partition coefficient (Wildman–Crippen LogP) is 3.46. The summed E-state index contributed by atoms with van der Waals surface area (Å²) >= 11 is 0. The second kappa shape index (κ2) is 6.65. The smallest absolute Gasteiger partial charge is 0.303 e. The number of fused-ring (bicyclic) bond motifs is 5. The van der Waals surface area contributed by atoms with Gasteiger partial charge in [-0.3, -0.25) is 14.4 Å². The van der Waals surface area contributed by atoms with Crippen molar-refractivity contribution in [1.29, 1.82) is 0 Å². The molecule has 0 aromatic carbocycles. The van der Waals surface area contributed by atoms with Crippen molar-refractivity contribution in [3.05, 3.63) is 0 Å². The van der Waals surface area contributed by atoms with Gasteiger partial charge in [-0.1, -0.05) is 13.8 Å². The quantitative estimate of drug-likeness (QED) is 0.747. The van der Waals surface area contributed by atoms with Gasteiger partial charge in [-0.15, -0.1) is 0 Å². The fourth-order valence-corrected chi connectivity index (χ4v) is 7.81. The van der Waals surface area contributed by atoms with Crippen LogP contribution in [0.25, 0.3) is 0 Å². The lowest BCUT2D eigenvalue weighted by Crippen LogP contribution is -2.59. The molecule has 0 saturated heterocycles. The summed E-state index contributed by atoms with van der Waals surface area (Å²) in [4.78, 5) is 36.0. The zero-order chi connectivity index (χ0) is 20.3. The van der Waals surface area contributed by atoms with E-state index in [0.717, 1.165) is 44.9 Å². The van der Waals surface area contributed by atoms with Gasteiger partial charge in [0.2, 0.25) is 5.78 Å². The van der Waals surface area contributed by atoms with Crippen molar-refractivity contribution in [2.45, 2.75) is 84.2 Å². The van der Waals surface area contributed by atoms with Crippen LogP contribution in [-0.4, -0.2) is 34.9 Å². The Labute approximate surface area is 167 Å². The minimum atomic E-state index is -1.39. The molecule has 4 saturated carbocycles. The Balaban J connectivity index is 1.57. The van der Waals surface area contributed by atoms with Crippen LogP contribution in [0.5, 0.6) is 0 Å². The van der Waals surface area contributed by atoms with Gasteiger partial charge >= 0.3 is 5.97 Å². The molecule has 0 aromatic heterocycles. The molecule has 0 heterocycles. The normalized spacial score (nSPS) is 47.6. The van der Waals surface area contributed by atoms with Crippen LogP contribution in [0.1, 0.15) is 78.6 Å². The van der Waals surface area contributed by atoms with Gasteiger partial charge in [0.1, 0.15) is 11.4 Å². The van der Waals surface area contributed by atoms with Crippen molar-refractivity contribution in [3.8, 4) is 0 Å².